The van der Waals surface area contributed by atoms with Crippen LogP contribution in [-0.4, -0.2) is 37.6 Å². The zero-order valence-electron chi connectivity index (χ0n) is 11.4. The molecular weight excluding hydrogens is 262 g/mol. The SMILES string of the molecule is COCCCNC(=O)CNCc1ccccc1[N+](=O)[O-]. The zero-order chi connectivity index (χ0) is 14.8. The molecule has 7 nitrogen and oxygen atoms in total. The van der Waals surface area contributed by atoms with Gasteiger partial charge in [-0.15, -0.1) is 0 Å². The van der Waals surface area contributed by atoms with E-state index < -0.39 is 4.92 Å². The van der Waals surface area contributed by atoms with E-state index in [2.05, 4.69) is 10.6 Å². The van der Waals surface area contributed by atoms with E-state index in [9.17, 15) is 14.9 Å². The van der Waals surface area contributed by atoms with Crippen LogP contribution in [0.2, 0.25) is 0 Å². The molecule has 0 radical (unpaired) electrons. The molecule has 0 spiro atoms. The number of hydrogen-bond donors (Lipinski definition) is 2. The smallest absolute Gasteiger partial charge is 0.273 e. The summed E-state index contributed by atoms with van der Waals surface area (Å²) in [5.41, 5.74) is 0.616. The summed E-state index contributed by atoms with van der Waals surface area (Å²) >= 11 is 0. The molecule has 1 aromatic carbocycles. The number of nitro groups is 1. The van der Waals surface area contributed by atoms with E-state index >= 15 is 0 Å². The fraction of sp³-hybridized carbons (Fsp3) is 0.462. The number of methoxy groups -OCH3 is 1. The molecule has 1 amide bonds. The van der Waals surface area contributed by atoms with Crippen LogP contribution in [0.15, 0.2) is 24.3 Å². The molecule has 0 fully saturated rings. The largest absolute Gasteiger partial charge is 0.385 e. The number of carbonyl (C=O) groups excluding carboxylic acids is 1. The normalized spacial score (nSPS) is 10.2. The molecule has 7 heteroatoms. The predicted octanol–water partition coefficient (Wildman–Crippen LogP) is 0.837. The molecular formula is C13H19N3O4. The summed E-state index contributed by atoms with van der Waals surface area (Å²) in [4.78, 5) is 21.8. The second kappa shape index (κ2) is 9.00. The Hall–Kier alpha value is -1.99. The van der Waals surface area contributed by atoms with Crippen molar-refractivity contribution in [3.8, 4) is 0 Å². The van der Waals surface area contributed by atoms with Crippen LogP contribution < -0.4 is 10.6 Å². The third kappa shape index (κ3) is 5.77. The van der Waals surface area contributed by atoms with Gasteiger partial charge in [-0.3, -0.25) is 14.9 Å². The van der Waals surface area contributed by atoms with Gasteiger partial charge in [-0.05, 0) is 6.42 Å². The van der Waals surface area contributed by atoms with E-state index in [1.54, 1.807) is 25.3 Å². The minimum absolute atomic E-state index is 0.0560. The van der Waals surface area contributed by atoms with Gasteiger partial charge in [-0.2, -0.15) is 0 Å². The average Bonchev–Trinajstić information content (AvgIpc) is 2.44. The summed E-state index contributed by atoms with van der Waals surface area (Å²) in [7, 11) is 1.61. The van der Waals surface area contributed by atoms with E-state index in [4.69, 9.17) is 4.74 Å². The average molecular weight is 281 g/mol. The second-order valence-electron chi connectivity index (χ2n) is 4.19. The number of amides is 1. The van der Waals surface area contributed by atoms with Gasteiger partial charge in [0.2, 0.25) is 5.91 Å². The monoisotopic (exact) mass is 281 g/mol. The summed E-state index contributed by atoms with van der Waals surface area (Å²) in [5, 5.41) is 16.4. The van der Waals surface area contributed by atoms with Crippen molar-refractivity contribution in [2.75, 3.05) is 26.8 Å². The fourth-order valence-electron chi connectivity index (χ4n) is 1.66. The molecule has 0 aliphatic carbocycles. The maximum Gasteiger partial charge on any atom is 0.273 e. The Balaban J connectivity index is 2.30. The van der Waals surface area contributed by atoms with Crippen LogP contribution in [0.4, 0.5) is 5.69 Å². The van der Waals surface area contributed by atoms with Gasteiger partial charge in [0.25, 0.3) is 5.69 Å². The van der Waals surface area contributed by atoms with Gasteiger partial charge in [0.15, 0.2) is 0 Å². The highest BCUT2D eigenvalue weighted by atomic mass is 16.6. The summed E-state index contributed by atoms with van der Waals surface area (Å²) in [5.74, 6) is -0.139. The highest BCUT2D eigenvalue weighted by Gasteiger charge is 2.11. The van der Waals surface area contributed by atoms with Crippen molar-refractivity contribution < 1.29 is 14.5 Å². The van der Waals surface area contributed by atoms with E-state index in [0.717, 1.165) is 6.42 Å². The van der Waals surface area contributed by atoms with E-state index in [1.165, 1.54) is 6.07 Å². The Bertz CT molecular complexity index is 451. The summed E-state index contributed by atoms with van der Waals surface area (Å²) in [6.45, 7) is 1.56. The molecule has 0 aromatic heterocycles. The van der Waals surface area contributed by atoms with Gasteiger partial charge in [0, 0.05) is 38.4 Å². The third-order valence-corrected chi connectivity index (χ3v) is 2.64. The van der Waals surface area contributed by atoms with Gasteiger partial charge < -0.3 is 15.4 Å². The molecule has 110 valence electrons. The van der Waals surface area contributed by atoms with Crippen LogP contribution in [0, 0.1) is 10.1 Å². The molecule has 0 aliphatic rings. The number of hydrogen-bond acceptors (Lipinski definition) is 5. The van der Waals surface area contributed by atoms with Gasteiger partial charge in [0.05, 0.1) is 11.5 Å². The number of nitro benzene ring substituents is 1. The molecule has 2 N–H and O–H groups in total. The van der Waals surface area contributed by atoms with E-state index in [0.29, 0.717) is 18.7 Å². The predicted molar refractivity (Wildman–Crippen MR) is 74.3 cm³/mol. The first kappa shape index (κ1) is 16.1. The first-order chi connectivity index (χ1) is 9.65. The van der Waals surface area contributed by atoms with Crippen LogP contribution in [-0.2, 0) is 16.1 Å². The molecule has 0 saturated carbocycles. The maximum absolute atomic E-state index is 11.5. The lowest BCUT2D eigenvalue weighted by Gasteiger charge is -2.07. The van der Waals surface area contributed by atoms with Crippen molar-refractivity contribution in [2.45, 2.75) is 13.0 Å². The van der Waals surface area contributed by atoms with Crippen LogP contribution >= 0.6 is 0 Å². The van der Waals surface area contributed by atoms with Gasteiger partial charge in [-0.25, -0.2) is 0 Å². The third-order valence-electron chi connectivity index (χ3n) is 2.64. The molecule has 1 rings (SSSR count). The minimum atomic E-state index is -0.429. The Morgan fingerprint density at radius 3 is 2.85 bits per heavy atom. The van der Waals surface area contributed by atoms with Crippen molar-refractivity contribution in [1.29, 1.82) is 0 Å². The molecule has 20 heavy (non-hydrogen) atoms. The van der Waals surface area contributed by atoms with Crippen LogP contribution in [0.5, 0.6) is 0 Å². The van der Waals surface area contributed by atoms with Crippen LogP contribution in [0.25, 0.3) is 0 Å². The number of carbonyl (C=O) groups is 1. The lowest BCUT2D eigenvalue weighted by molar-refractivity contribution is -0.385. The first-order valence-corrected chi connectivity index (χ1v) is 6.33. The van der Waals surface area contributed by atoms with Crippen molar-refractivity contribution in [1.82, 2.24) is 10.6 Å². The molecule has 0 unspecified atom stereocenters. The molecule has 1 aromatic rings. The van der Waals surface area contributed by atoms with E-state index in [1.807, 2.05) is 0 Å². The van der Waals surface area contributed by atoms with Crippen molar-refractivity contribution in [3.63, 3.8) is 0 Å². The van der Waals surface area contributed by atoms with Crippen molar-refractivity contribution in [2.24, 2.45) is 0 Å². The molecule has 0 heterocycles. The van der Waals surface area contributed by atoms with Gasteiger partial charge >= 0.3 is 0 Å². The fourth-order valence-corrected chi connectivity index (χ4v) is 1.66. The standard InChI is InChI=1S/C13H19N3O4/c1-20-8-4-7-15-13(17)10-14-9-11-5-2-3-6-12(11)16(18)19/h2-3,5-6,14H,4,7-10H2,1H3,(H,15,17). The number of para-hydroxylation sites is 1. The van der Waals surface area contributed by atoms with Crippen molar-refractivity contribution >= 4 is 11.6 Å². The lowest BCUT2D eigenvalue weighted by Crippen LogP contribution is -2.34. The maximum atomic E-state index is 11.5. The molecule has 0 saturated heterocycles. The summed E-state index contributed by atoms with van der Waals surface area (Å²) in [6.07, 6.45) is 0.756. The number of ether oxygens (including phenoxy) is 1. The second-order valence-corrected chi connectivity index (χ2v) is 4.19. The Labute approximate surface area is 117 Å². The molecule has 0 atom stereocenters. The number of nitrogens with one attached hydrogen (secondary N) is 2. The zero-order valence-corrected chi connectivity index (χ0v) is 11.4. The topological polar surface area (TPSA) is 93.5 Å². The number of rotatable bonds is 9. The summed E-state index contributed by atoms with van der Waals surface area (Å²) in [6, 6.07) is 6.46. The Morgan fingerprint density at radius 1 is 1.40 bits per heavy atom. The van der Waals surface area contributed by atoms with Crippen LogP contribution in [0.1, 0.15) is 12.0 Å². The highest BCUT2D eigenvalue weighted by Crippen LogP contribution is 2.16. The van der Waals surface area contributed by atoms with Crippen molar-refractivity contribution in [3.05, 3.63) is 39.9 Å². The van der Waals surface area contributed by atoms with Crippen LogP contribution in [0.3, 0.4) is 0 Å². The quantitative estimate of drug-likeness (QED) is 0.397. The van der Waals surface area contributed by atoms with Gasteiger partial charge in [-0.1, -0.05) is 18.2 Å². The number of nitrogens with zero attached hydrogens (tertiary/aromatic N) is 1. The highest BCUT2D eigenvalue weighted by molar-refractivity contribution is 5.77. The minimum Gasteiger partial charge on any atom is -0.385 e. The Kier molecular flexibility index (Phi) is 7.23. The molecule has 0 aliphatic heterocycles. The Morgan fingerprint density at radius 2 is 2.15 bits per heavy atom. The first-order valence-electron chi connectivity index (χ1n) is 6.33. The van der Waals surface area contributed by atoms with Gasteiger partial charge in [0.1, 0.15) is 0 Å². The lowest BCUT2D eigenvalue weighted by atomic mass is 10.2. The molecule has 0 bridgehead atoms. The summed E-state index contributed by atoms with van der Waals surface area (Å²) < 4.78 is 4.87. The van der Waals surface area contributed by atoms with E-state index in [-0.39, 0.29) is 24.7 Å². The number of benzene rings is 1.